The van der Waals surface area contributed by atoms with E-state index in [2.05, 4.69) is 16.7 Å². The summed E-state index contributed by atoms with van der Waals surface area (Å²) in [5.41, 5.74) is 3.25. The van der Waals surface area contributed by atoms with Crippen molar-refractivity contribution in [3.8, 4) is 11.8 Å². The van der Waals surface area contributed by atoms with Gasteiger partial charge in [0.05, 0.1) is 31.3 Å². The molecule has 0 saturated carbocycles. The van der Waals surface area contributed by atoms with Gasteiger partial charge in [-0.15, -0.1) is 12.4 Å². The number of nitrogens with zero attached hydrogens (tertiary/aromatic N) is 2. The van der Waals surface area contributed by atoms with Crippen molar-refractivity contribution >= 4 is 40.7 Å². The van der Waals surface area contributed by atoms with Crippen LogP contribution < -0.4 is 20.3 Å². The molecular formula is C27H29ClN4O3. The molecule has 0 radical (unpaired) electrons. The number of carbonyl (C=O) groups is 2. The van der Waals surface area contributed by atoms with Crippen LogP contribution in [-0.4, -0.2) is 38.1 Å². The number of likely N-dealkylation sites (N-methyl/N-ethyl adjacent to an activating group) is 1. The van der Waals surface area contributed by atoms with Crippen molar-refractivity contribution in [3.05, 3.63) is 71.3 Å². The predicted octanol–water partition coefficient (Wildman–Crippen LogP) is 3.71. The molecule has 0 saturated heterocycles. The topological polar surface area (TPSA) is 94.5 Å². The fourth-order valence-corrected chi connectivity index (χ4v) is 4.45. The number of anilines is 1. The molecule has 1 heterocycles. The lowest BCUT2D eigenvalue weighted by Gasteiger charge is -2.28. The maximum atomic E-state index is 13.8. The van der Waals surface area contributed by atoms with Gasteiger partial charge in [0.1, 0.15) is 11.8 Å². The summed E-state index contributed by atoms with van der Waals surface area (Å²) >= 11 is 0. The molecule has 1 aliphatic rings. The third-order valence-electron chi connectivity index (χ3n) is 6.48. The van der Waals surface area contributed by atoms with E-state index in [1.165, 1.54) is 0 Å². The molecule has 2 atom stereocenters. The molecule has 4 rings (SSSR count). The quantitative estimate of drug-likeness (QED) is 0.547. The van der Waals surface area contributed by atoms with Crippen molar-refractivity contribution in [3.63, 3.8) is 0 Å². The van der Waals surface area contributed by atoms with Gasteiger partial charge in [-0.3, -0.25) is 9.59 Å². The number of aryl methyl sites for hydroxylation is 1. The molecule has 0 unspecified atom stereocenters. The number of nitrogens with one attached hydrogen (secondary N) is 2. The Morgan fingerprint density at radius 1 is 1.17 bits per heavy atom. The van der Waals surface area contributed by atoms with E-state index in [9.17, 15) is 14.9 Å². The molecule has 0 aromatic heterocycles. The number of hydrogen-bond acceptors (Lipinski definition) is 5. The number of carbonyl (C=O) groups excluding carboxylic acids is 2. The summed E-state index contributed by atoms with van der Waals surface area (Å²) in [5, 5.41) is 17.1. The molecule has 8 heteroatoms. The van der Waals surface area contributed by atoms with Crippen LogP contribution in [0.5, 0.6) is 5.75 Å². The number of halogens is 1. The Hall–Kier alpha value is -3.60. The zero-order valence-electron chi connectivity index (χ0n) is 20.0. The largest absolute Gasteiger partial charge is 0.496 e. The van der Waals surface area contributed by atoms with Crippen LogP contribution >= 0.6 is 12.4 Å². The maximum absolute atomic E-state index is 13.8. The number of hydrogen-bond donors (Lipinski definition) is 2. The first-order valence-electron chi connectivity index (χ1n) is 11.3. The van der Waals surface area contributed by atoms with Gasteiger partial charge < -0.3 is 20.3 Å². The minimum Gasteiger partial charge on any atom is -0.496 e. The van der Waals surface area contributed by atoms with Crippen molar-refractivity contribution in [1.82, 2.24) is 10.6 Å². The number of nitriles is 1. The number of fused-ring (bicyclic) bond motifs is 2. The molecule has 1 aliphatic heterocycles. The van der Waals surface area contributed by atoms with E-state index in [0.29, 0.717) is 24.2 Å². The summed E-state index contributed by atoms with van der Waals surface area (Å²) < 4.78 is 5.66. The lowest BCUT2D eigenvalue weighted by atomic mass is 9.99. The molecule has 3 aromatic carbocycles. The highest BCUT2D eigenvalue weighted by Gasteiger charge is 2.33. The summed E-state index contributed by atoms with van der Waals surface area (Å²) in [6.07, 6.45) is 1.18. The van der Waals surface area contributed by atoms with Crippen LogP contribution in [0.25, 0.3) is 10.8 Å². The third-order valence-corrected chi connectivity index (χ3v) is 6.48. The molecule has 0 fully saturated rings. The van der Waals surface area contributed by atoms with Crippen molar-refractivity contribution in [2.24, 2.45) is 0 Å². The van der Waals surface area contributed by atoms with Gasteiger partial charge in [0.25, 0.3) is 0 Å². The maximum Gasteiger partial charge on any atom is 0.249 e. The van der Waals surface area contributed by atoms with Crippen LogP contribution in [0.1, 0.15) is 30.0 Å². The van der Waals surface area contributed by atoms with Crippen LogP contribution in [0.3, 0.4) is 0 Å². The van der Waals surface area contributed by atoms with Gasteiger partial charge in [0.15, 0.2) is 0 Å². The van der Waals surface area contributed by atoms with Crippen LogP contribution in [0.2, 0.25) is 0 Å². The Bertz CT molecular complexity index is 1290. The third kappa shape index (κ3) is 5.09. The van der Waals surface area contributed by atoms with E-state index in [-0.39, 0.29) is 30.8 Å². The predicted molar refractivity (Wildman–Crippen MR) is 139 cm³/mol. The zero-order valence-corrected chi connectivity index (χ0v) is 20.8. The van der Waals surface area contributed by atoms with Crippen molar-refractivity contribution in [1.29, 1.82) is 5.26 Å². The average Bonchev–Trinajstić information content (AvgIpc) is 3.00. The van der Waals surface area contributed by atoms with E-state index in [1.54, 1.807) is 32.0 Å². The van der Waals surface area contributed by atoms with Gasteiger partial charge in [0, 0.05) is 16.6 Å². The summed E-state index contributed by atoms with van der Waals surface area (Å²) in [7, 11) is 3.31. The first-order chi connectivity index (χ1) is 16.5. The Kier molecular flexibility index (Phi) is 8.34. The highest BCUT2D eigenvalue weighted by Crippen LogP contribution is 2.35. The Balaban J connectivity index is 0.00000342. The summed E-state index contributed by atoms with van der Waals surface area (Å²) in [4.78, 5) is 28.1. The average molecular weight is 493 g/mol. The van der Waals surface area contributed by atoms with Crippen LogP contribution in [-0.2, 0) is 22.6 Å². The Labute approximate surface area is 211 Å². The molecule has 3 aromatic rings. The first kappa shape index (κ1) is 26.0. The minimum absolute atomic E-state index is 0. The molecule has 0 aliphatic carbocycles. The molecule has 0 spiro atoms. The number of ether oxygens (including phenoxy) is 1. The molecule has 2 N–H and O–H groups in total. The summed E-state index contributed by atoms with van der Waals surface area (Å²) in [6, 6.07) is 18.3. The Morgan fingerprint density at radius 2 is 1.94 bits per heavy atom. The second-order valence-electron chi connectivity index (χ2n) is 8.42. The SMILES string of the molecule is CN[C@@H](C)C(=O)N[C@H]1CCc2ccccc2N(Cc2c(OC)ccc3c(C#N)cccc23)C1=O.Cl. The van der Waals surface area contributed by atoms with Crippen LogP contribution in [0.4, 0.5) is 5.69 Å². The van der Waals surface area contributed by atoms with Gasteiger partial charge in [-0.2, -0.15) is 5.26 Å². The second kappa shape index (κ2) is 11.2. The molecule has 35 heavy (non-hydrogen) atoms. The van der Waals surface area contributed by atoms with E-state index in [4.69, 9.17) is 4.74 Å². The fourth-order valence-electron chi connectivity index (χ4n) is 4.45. The lowest BCUT2D eigenvalue weighted by molar-refractivity contribution is -0.128. The number of amides is 2. The lowest BCUT2D eigenvalue weighted by Crippen LogP contribution is -2.52. The summed E-state index contributed by atoms with van der Waals surface area (Å²) in [6.45, 7) is 2.01. The highest BCUT2D eigenvalue weighted by molar-refractivity contribution is 6.02. The normalized spacial score (nSPS) is 15.9. The molecular weight excluding hydrogens is 464 g/mol. The zero-order chi connectivity index (χ0) is 24.2. The van der Waals surface area contributed by atoms with Crippen molar-refractivity contribution < 1.29 is 14.3 Å². The van der Waals surface area contributed by atoms with Crippen molar-refractivity contribution in [2.75, 3.05) is 19.1 Å². The fraction of sp³-hybridized carbons (Fsp3) is 0.296. The minimum atomic E-state index is -0.647. The Morgan fingerprint density at radius 3 is 2.66 bits per heavy atom. The molecule has 182 valence electrons. The van der Waals surface area contributed by atoms with Gasteiger partial charge in [0.2, 0.25) is 11.8 Å². The molecule has 2 amide bonds. The highest BCUT2D eigenvalue weighted by atomic mass is 35.5. The number of benzene rings is 3. The van der Waals surface area contributed by atoms with Crippen LogP contribution in [0.15, 0.2) is 54.6 Å². The number of rotatable bonds is 6. The van der Waals surface area contributed by atoms with Gasteiger partial charge >= 0.3 is 0 Å². The number of methoxy groups -OCH3 is 1. The van der Waals surface area contributed by atoms with E-state index < -0.39 is 12.1 Å². The smallest absolute Gasteiger partial charge is 0.249 e. The van der Waals surface area contributed by atoms with Crippen molar-refractivity contribution in [2.45, 2.75) is 38.4 Å². The van der Waals surface area contributed by atoms with E-state index in [1.807, 2.05) is 48.5 Å². The first-order valence-corrected chi connectivity index (χ1v) is 11.3. The molecule has 0 bridgehead atoms. The van der Waals surface area contributed by atoms with E-state index in [0.717, 1.165) is 27.6 Å². The van der Waals surface area contributed by atoms with Gasteiger partial charge in [-0.25, -0.2) is 0 Å². The monoisotopic (exact) mass is 492 g/mol. The second-order valence-corrected chi connectivity index (χ2v) is 8.42. The van der Waals surface area contributed by atoms with E-state index >= 15 is 0 Å². The molecule has 7 nitrogen and oxygen atoms in total. The standard InChI is InChI=1S/C27H28N4O3.ClH/c1-17(29-2)26(32)30-23-13-11-18-7-4-5-10-24(18)31(27(23)33)16-22-21-9-6-8-19(15-28)20(21)12-14-25(22)34-3;/h4-10,12,14,17,23,29H,11,13,16H2,1-3H3,(H,30,32);1H/t17-,23-;/m0./s1. The van der Waals surface area contributed by atoms with Gasteiger partial charge in [-0.05, 0) is 62.0 Å². The summed E-state index contributed by atoms with van der Waals surface area (Å²) in [5.74, 6) is 0.256. The van der Waals surface area contributed by atoms with Crippen LogP contribution in [0, 0.1) is 11.3 Å². The van der Waals surface area contributed by atoms with Gasteiger partial charge in [-0.1, -0.05) is 30.3 Å². The number of para-hydroxylation sites is 1.